The maximum atomic E-state index is 14.3. The third kappa shape index (κ3) is 13.0. The van der Waals surface area contributed by atoms with Crippen LogP contribution in [0.5, 0.6) is 11.5 Å². The Morgan fingerprint density at radius 1 is 0.337 bits per heavy atom. The van der Waals surface area contributed by atoms with E-state index in [1.807, 2.05) is 0 Å². The van der Waals surface area contributed by atoms with Crippen LogP contribution < -0.4 is 9.47 Å². The fourth-order valence-corrected chi connectivity index (χ4v) is 6.16. The molecule has 0 heterocycles. The number of hydrogen-bond donors (Lipinski definition) is 0. The van der Waals surface area contributed by atoms with Crippen molar-refractivity contribution in [3.8, 4) is 11.5 Å². The Morgan fingerprint density at radius 2 is 0.570 bits per heavy atom. The zero-order chi connectivity index (χ0) is 67.9. The number of rotatable bonds is 31. The van der Waals surface area contributed by atoms with Crippen LogP contribution in [0.2, 0.25) is 0 Å². The molecule has 2 rings (SSSR count). The molecule has 0 fully saturated rings. The van der Waals surface area contributed by atoms with E-state index in [1.54, 1.807) is 0 Å². The molecule has 2 aromatic carbocycles. The molecule has 0 spiro atoms. The van der Waals surface area contributed by atoms with E-state index in [1.165, 1.54) is 0 Å². The van der Waals surface area contributed by atoms with Crippen molar-refractivity contribution in [3.63, 3.8) is 0 Å². The number of esters is 2. The predicted molar refractivity (Wildman–Crippen MR) is 207 cm³/mol. The highest BCUT2D eigenvalue weighted by atomic mass is 19.4. The highest BCUT2D eigenvalue weighted by molar-refractivity contribution is 5.91. The van der Waals surface area contributed by atoms with Gasteiger partial charge in [-0.2, -0.15) is 149 Å². The molecule has 0 amide bonds. The summed E-state index contributed by atoms with van der Waals surface area (Å²) in [6.45, 7) is -5.76. The van der Waals surface area contributed by atoms with Crippen LogP contribution in [0, 0.1) is 20.2 Å². The molecule has 0 unspecified atom stereocenters. The topological polar surface area (TPSA) is 157 Å². The van der Waals surface area contributed by atoms with E-state index < -0.39 is 190 Å². The molecule has 12 nitrogen and oxygen atoms in total. The summed E-state index contributed by atoms with van der Waals surface area (Å²) in [4.78, 5) is 44.8. The van der Waals surface area contributed by atoms with Crippen molar-refractivity contribution in [1.29, 1.82) is 0 Å². The van der Waals surface area contributed by atoms with Crippen LogP contribution in [-0.4, -0.2) is 143 Å². The number of carbonyl (C=O) groups is 2. The Labute approximate surface area is 450 Å². The number of nitro benzene ring substituents is 2. The lowest BCUT2D eigenvalue weighted by molar-refractivity contribution is -0.461. The number of halogens is 34. The van der Waals surface area contributed by atoms with Gasteiger partial charge in [0.2, 0.25) is 0 Å². The quantitative estimate of drug-likeness (QED) is 0.0234. The maximum Gasteiger partial charge on any atom is 0.460 e. The van der Waals surface area contributed by atoms with E-state index in [0.717, 1.165) is 0 Å². The SMILES string of the molecule is O=C(OCCCCCCOC(=O)c1ccc(OCCC(F)(F)C(F)(F)C(F)(F)C(F)(F)C(F)(F)C(F)(F)C(F)(F)C(F)(F)F)c([N+](=O)[O-])c1)c1ccc(OCCC(F)(F)C(F)(F)C(F)(F)C(F)(F)C(F)(F)C(F)(F)C(F)(F)C(F)(F)F)c([N+](=O)[O-])c1. The van der Waals surface area contributed by atoms with Crippen molar-refractivity contribution in [2.24, 2.45) is 0 Å². The van der Waals surface area contributed by atoms with Gasteiger partial charge in [0.25, 0.3) is 0 Å². The van der Waals surface area contributed by atoms with E-state index in [2.05, 4.69) is 9.47 Å². The largest absolute Gasteiger partial charge is 0.487 e. The monoisotopic (exact) mass is 1340 g/mol. The van der Waals surface area contributed by atoms with Gasteiger partial charge in [-0.25, -0.2) is 9.59 Å². The second kappa shape index (κ2) is 24.2. The fraction of sp³-hybridized carbons (Fsp3) is 0.650. The van der Waals surface area contributed by atoms with Gasteiger partial charge in [0.15, 0.2) is 11.5 Å². The van der Waals surface area contributed by atoms with Crippen molar-refractivity contribution in [2.75, 3.05) is 26.4 Å². The Hall–Kier alpha value is -6.60. The molecule has 0 atom stereocenters. The average molecular weight is 1340 g/mol. The molecule has 0 aliphatic rings. The molecule has 0 saturated heterocycles. The number of nitro groups is 2. The summed E-state index contributed by atoms with van der Waals surface area (Å²) < 4.78 is 478. The lowest BCUT2D eigenvalue weighted by Crippen LogP contribution is -2.74. The van der Waals surface area contributed by atoms with Gasteiger partial charge in [-0.1, -0.05) is 0 Å². The van der Waals surface area contributed by atoms with Gasteiger partial charge >= 0.3 is 119 Å². The molecule has 2 aromatic rings. The second-order valence-corrected chi connectivity index (χ2v) is 17.1. The van der Waals surface area contributed by atoms with E-state index in [-0.39, 0.29) is 49.9 Å². The van der Waals surface area contributed by atoms with Crippen LogP contribution in [0.4, 0.5) is 161 Å². The van der Waals surface area contributed by atoms with Crippen molar-refractivity contribution < 1.29 is 188 Å². The molecule has 86 heavy (non-hydrogen) atoms. The van der Waals surface area contributed by atoms with Crippen LogP contribution in [-0.2, 0) is 9.47 Å². The highest BCUT2D eigenvalue weighted by Crippen LogP contribution is 2.66. The minimum atomic E-state index is -8.89. The first-order valence-corrected chi connectivity index (χ1v) is 21.7. The molecule has 0 N–H and O–H groups in total. The summed E-state index contributed by atoms with van der Waals surface area (Å²) >= 11 is 0. The van der Waals surface area contributed by atoms with Crippen LogP contribution >= 0.6 is 0 Å². The van der Waals surface area contributed by atoms with Gasteiger partial charge in [0.05, 0.1) is 60.2 Å². The molecule has 0 saturated carbocycles. The Bertz CT molecular complexity index is 2580. The molecule has 0 bridgehead atoms. The Balaban J connectivity index is 2.02. The van der Waals surface area contributed by atoms with Gasteiger partial charge in [0, 0.05) is 12.1 Å². The molecular formula is C40H26F34N2O10. The van der Waals surface area contributed by atoms with Crippen molar-refractivity contribution in [1.82, 2.24) is 0 Å². The van der Waals surface area contributed by atoms with Crippen LogP contribution in [0.3, 0.4) is 0 Å². The normalized spacial score (nSPS) is 14.7. The number of unbranched alkanes of at least 4 members (excludes halogenated alkanes) is 3. The van der Waals surface area contributed by atoms with Crippen LogP contribution in [0.1, 0.15) is 59.2 Å². The van der Waals surface area contributed by atoms with Crippen molar-refractivity contribution in [2.45, 2.75) is 134 Å². The Morgan fingerprint density at radius 3 is 0.802 bits per heavy atom. The number of ether oxygens (including phenoxy) is 4. The summed E-state index contributed by atoms with van der Waals surface area (Å²) in [6.07, 6.45) is -22.5. The molecule has 0 radical (unpaired) electrons. The van der Waals surface area contributed by atoms with E-state index in [0.29, 0.717) is 12.1 Å². The Kier molecular flexibility index (Phi) is 21.2. The van der Waals surface area contributed by atoms with Gasteiger partial charge in [-0.3, -0.25) is 20.2 Å². The molecule has 0 aromatic heterocycles. The van der Waals surface area contributed by atoms with Gasteiger partial charge in [0.1, 0.15) is 0 Å². The lowest BCUT2D eigenvalue weighted by atomic mass is 9.88. The first-order valence-electron chi connectivity index (χ1n) is 21.7. The smallest absolute Gasteiger partial charge is 0.460 e. The van der Waals surface area contributed by atoms with Gasteiger partial charge in [-0.05, 0) is 49.9 Å². The number of nitrogens with zero attached hydrogens (tertiary/aromatic N) is 2. The molecule has 0 aliphatic carbocycles. The molecular weight excluding hydrogens is 1310 g/mol. The summed E-state index contributed by atoms with van der Waals surface area (Å²) in [5.41, 5.74) is -4.68. The fourth-order valence-electron chi connectivity index (χ4n) is 6.16. The first kappa shape index (κ1) is 75.5. The summed E-state index contributed by atoms with van der Waals surface area (Å²) in [5.74, 6) is -123. The van der Waals surface area contributed by atoms with Gasteiger partial charge < -0.3 is 18.9 Å². The third-order valence-electron chi connectivity index (χ3n) is 11.2. The van der Waals surface area contributed by atoms with Gasteiger partial charge in [-0.15, -0.1) is 0 Å². The van der Waals surface area contributed by atoms with E-state index >= 15 is 0 Å². The number of alkyl halides is 34. The highest BCUT2D eigenvalue weighted by Gasteiger charge is 2.97. The molecule has 494 valence electrons. The minimum Gasteiger partial charge on any atom is -0.487 e. The lowest BCUT2D eigenvalue weighted by Gasteiger charge is -2.42. The summed E-state index contributed by atoms with van der Waals surface area (Å²) in [5, 5.41) is 23.0. The number of hydrogen-bond acceptors (Lipinski definition) is 10. The molecule has 46 heteroatoms. The first-order chi connectivity index (χ1) is 38.1. The van der Waals surface area contributed by atoms with Crippen LogP contribution in [0.15, 0.2) is 36.4 Å². The van der Waals surface area contributed by atoms with Crippen LogP contribution in [0.25, 0.3) is 0 Å². The average Bonchev–Trinajstić information content (AvgIpc) is 0.711. The zero-order valence-corrected chi connectivity index (χ0v) is 40.4. The number of benzene rings is 2. The second-order valence-electron chi connectivity index (χ2n) is 17.1. The predicted octanol–water partition coefficient (Wildman–Crippen LogP) is 15.6. The van der Waals surface area contributed by atoms with Crippen molar-refractivity contribution >= 4 is 23.3 Å². The summed E-state index contributed by atoms with van der Waals surface area (Å²) in [7, 11) is 0. The standard InChI is InChI=1S/C40H26F34N2O10/c41-25(42,27(45,46)29(49,50)31(53,54)33(57,58)35(61,62)37(65,66)39(69,70)71)9-13-83-21-7-5-17(15-19(21)75(79)80)23(77)85-11-3-1-2-4-12-86-24(78)18-6-8-22(20(16-18)76(81)82)84-14-10-26(43,44)28(47,48)30(51,52)32(55,56)34(59,60)36(63,64)38(67,68)40(72,73)74/h5-8,15-16H,1-4,9-14H2. The van der Waals surface area contributed by atoms with E-state index in [4.69, 9.17) is 9.47 Å². The molecule has 0 aliphatic heterocycles. The van der Waals surface area contributed by atoms with E-state index in [9.17, 15) is 179 Å². The minimum absolute atomic E-state index is 0.0137. The third-order valence-corrected chi connectivity index (χ3v) is 11.2. The summed E-state index contributed by atoms with van der Waals surface area (Å²) in [6, 6.07) is 1.89. The van der Waals surface area contributed by atoms with Crippen molar-refractivity contribution in [3.05, 3.63) is 67.8 Å². The zero-order valence-electron chi connectivity index (χ0n) is 40.4. The number of carbonyl (C=O) groups excluding carboxylic acids is 2. The maximum absolute atomic E-state index is 14.3.